The Morgan fingerprint density at radius 1 is 1.03 bits per heavy atom. The molecule has 7 nitrogen and oxygen atoms in total. The zero-order valence-electron chi connectivity index (χ0n) is 16.3. The van der Waals surface area contributed by atoms with Crippen LogP contribution in [0.1, 0.15) is 5.56 Å². The number of fused-ring (bicyclic) bond motifs is 1. The van der Waals surface area contributed by atoms with Gasteiger partial charge in [-0.25, -0.2) is 12.8 Å². The summed E-state index contributed by atoms with van der Waals surface area (Å²) in [7, 11) is -4.22. The fourth-order valence-corrected chi connectivity index (χ4v) is 4.11. The molecule has 158 valence electrons. The molecular weight excluding hydrogens is 433 g/mol. The molecular formula is C23H14FN3O4S. The number of nitrogens with zero attached hydrogens (tertiary/aromatic N) is 3. The van der Waals surface area contributed by atoms with Gasteiger partial charge in [0.2, 0.25) is 15.7 Å². The molecule has 0 aliphatic heterocycles. The molecule has 0 saturated heterocycles. The Balaban J connectivity index is 1.96. The first-order valence-electron chi connectivity index (χ1n) is 9.27. The van der Waals surface area contributed by atoms with Crippen molar-refractivity contribution < 1.29 is 17.5 Å². The van der Waals surface area contributed by atoms with Gasteiger partial charge in [0.05, 0.1) is 4.90 Å². The molecule has 9 heteroatoms. The number of sulfone groups is 1. The van der Waals surface area contributed by atoms with E-state index in [1.807, 2.05) is 0 Å². The predicted molar refractivity (Wildman–Crippen MR) is 115 cm³/mol. The van der Waals surface area contributed by atoms with Gasteiger partial charge < -0.3 is 4.74 Å². The quantitative estimate of drug-likeness (QED) is 0.429. The van der Waals surface area contributed by atoms with Gasteiger partial charge in [-0.2, -0.15) is 10.2 Å². The SMILES string of the molecule is N#C/C(=C\c1c(Oc2ccccc2F)nc2ccccn2c1=O)S(=O)(=O)c1ccccc1. The number of nitriles is 1. The van der Waals surface area contributed by atoms with Crippen molar-refractivity contribution in [3.05, 3.63) is 106 Å². The molecule has 0 fully saturated rings. The van der Waals surface area contributed by atoms with Crippen LogP contribution in [0.15, 0.2) is 93.6 Å². The Morgan fingerprint density at radius 3 is 2.44 bits per heavy atom. The molecule has 2 aromatic carbocycles. The van der Waals surface area contributed by atoms with E-state index in [-0.39, 0.29) is 27.7 Å². The Kier molecular flexibility index (Phi) is 5.54. The number of allylic oxidation sites excluding steroid dienone is 1. The maximum absolute atomic E-state index is 14.2. The summed E-state index contributed by atoms with van der Waals surface area (Å²) in [6.45, 7) is 0. The first-order chi connectivity index (χ1) is 15.4. The zero-order valence-corrected chi connectivity index (χ0v) is 17.2. The minimum atomic E-state index is -4.22. The maximum atomic E-state index is 14.2. The van der Waals surface area contributed by atoms with Crippen LogP contribution in [0.2, 0.25) is 0 Å². The molecule has 0 unspecified atom stereocenters. The van der Waals surface area contributed by atoms with Crippen molar-refractivity contribution in [3.8, 4) is 17.7 Å². The van der Waals surface area contributed by atoms with Crippen molar-refractivity contribution in [1.29, 1.82) is 5.26 Å². The number of hydrogen-bond donors (Lipinski definition) is 0. The van der Waals surface area contributed by atoms with E-state index in [0.717, 1.165) is 6.08 Å². The van der Waals surface area contributed by atoms with Crippen LogP contribution in [0.5, 0.6) is 11.6 Å². The summed E-state index contributed by atoms with van der Waals surface area (Å²) < 4.78 is 46.8. The average molecular weight is 447 g/mol. The summed E-state index contributed by atoms with van der Waals surface area (Å²) in [5.41, 5.74) is -0.795. The lowest BCUT2D eigenvalue weighted by atomic mass is 10.2. The average Bonchev–Trinajstić information content (AvgIpc) is 2.81. The van der Waals surface area contributed by atoms with Crippen LogP contribution in [0.4, 0.5) is 4.39 Å². The number of halogens is 1. The topological polar surface area (TPSA) is 102 Å². The van der Waals surface area contributed by atoms with Crippen molar-refractivity contribution >= 4 is 21.6 Å². The lowest BCUT2D eigenvalue weighted by Crippen LogP contribution is -2.19. The van der Waals surface area contributed by atoms with Crippen LogP contribution in [0.3, 0.4) is 0 Å². The second kappa shape index (κ2) is 8.45. The largest absolute Gasteiger partial charge is 0.435 e. The minimum Gasteiger partial charge on any atom is -0.435 e. The van der Waals surface area contributed by atoms with Crippen molar-refractivity contribution in [2.75, 3.05) is 0 Å². The number of pyridine rings is 1. The molecule has 0 aliphatic rings. The van der Waals surface area contributed by atoms with Crippen LogP contribution in [0, 0.1) is 17.1 Å². The van der Waals surface area contributed by atoms with Crippen LogP contribution in [-0.4, -0.2) is 17.8 Å². The van der Waals surface area contributed by atoms with Crippen LogP contribution >= 0.6 is 0 Å². The Bertz CT molecular complexity index is 1560. The first kappa shape index (κ1) is 21.0. The molecule has 0 N–H and O–H groups in total. The van der Waals surface area contributed by atoms with Gasteiger partial charge in [-0.05, 0) is 42.5 Å². The second-order valence-electron chi connectivity index (χ2n) is 6.53. The van der Waals surface area contributed by atoms with E-state index in [9.17, 15) is 22.9 Å². The second-order valence-corrected chi connectivity index (χ2v) is 8.45. The number of aromatic nitrogens is 2. The van der Waals surface area contributed by atoms with E-state index in [1.165, 1.54) is 65.2 Å². The molecule has 2 heterocycles. The van der Waals surface area contributed by atoms with Gasteiger partial charge in [0.1, 0.15) is 22.2 Å². The fourth-order valence-electron chi connectivity index (χ4n) is 2.94. The Morgan fingerprint density at radius 2 is 1.72 bits per heavy atom. The molecule has 0 bridgehead atoms. The summed E-state index contributed by atoms with van der Waals surface area (Å²) in [5.74, 6) is -1.24. The molecule has 4 rings (SSSR count). The van der Waals surface area contributed by atoms with Crippen molar-refractivity contribution in [1.82, 2.24) is 9.38 Å². The van der Waals surface area contributed by atoms with Gasteiger partial charge in [-0.1, -0.05) is 36.4 Å². The standard InChI is InChI=1S/C23H14FN3O4S/c24-19-10-4-5-11-20(19)31-22-18(23(28)27-13-7-6-12-21(27)26-22)14-17(15-25)32(29,30)16-8-2-1-3-9-16/h1-14H/b17-14+. The Hall–Kier alpha value is -4.29. The molecule has 0 saturated carbocycles. The highest BCUT2D eigenvalue weighted by Gasteiger charge is 2.23. The highest BCUT2D eigenvalue weighted by Crippen LogP contribution is 2.28. The van der Waals surface area contributed by atoms with Gasteiger partial charge in [0, 0.05) is 6.20 Å². The van der Waals surface area contributed by atoms with Crippen LogP contribution in [0.25, 0.3) is 11.7 Å². The van der Waals surface area contributed by atoms with E-state index in [1.54, 1.807) is 24.3 Å². The third-order valence-corrected chi connectivity index (χ3v) is 6.19. The van der Waals surface area contributed by atoms with Crippen molar-refractivity contribution in [3.63, 3.8) is 0 Å². The van der Waals surface area contributed by atoms with Crippen molar-refractivity contribution in [2.45, 2.75) is 4.90 Å². The zero-order chi connectivity index (χ0) is 22.7. The Labute approximate surface area is 182 Å². The molecule has 0 amide bonds. The normalized spacial score (nSPS) is 11.8. The van der Waals surface area contributed by atoms with Crippen molar-refractivity contribution in [2.24, 2.45) is 0 Å². The van der Waals surface area contributed by atoms with Gasteiger partial charge in [0.25, 0.3) is 5.56 Å². The summed E-state index contributed by atoms with van der Waals surface area (Å²) in [4.78, 5) is 16.6. The van der Waals surface area contributed by atoms with Gasteiger partial charge in [-0.3, -0.25) is 9.20 Å². The molecule has 0 atom stereocenters. The van der Waals surface area contributed by atoms with E-state index in [2.05, 4.69) is 4.98 Å². The summed E-state index contributed by atoms with van der Waals surface area (Å²) in [6, 6.07) is 19.2. The van der Waals surface area contributed by atoms with Gasteiger partial charge >= 0.3 is 0 Å². The van der Waals surface area contributed by atoms with E-state index < -0.39 is 26.1 Å². The van der Waals surface area contributed by atoms with E-state index >= 15 is 0 Å². The summed E-state index contributed by atoms with van der Waals surface area (Å²) >= 11 is 0. The van der Waals surface area contributed by atoms with E-state index in [4.69, 9.17) is 4.74 Å². The minimum absolute atomic E-state index is 0.113. The fraction of sp³-hybridized carbons (Fsp3) is 0. The molecule has 32 heavy (non-hydrogen) atoms. The van der Waals surface area contributed by atoms with Crippen LogP contribution in [-0.2, 0) is 9.84 Å². The number of benzene rings is 2. The number of ether oxygens (including phenoxy) is 1. The molecule has 0 spiro atoms. The number of para-hydroxylation sites is 1. The molecule has 2 aromatic heterocycles. The number of hydrogen-bond acceptors (Lipinski definition) is 6. The molecule has 0 radical (unpaired) electrons. The first-order valence-corrected chi connectivity index (χ1v) is 10.8. The van der Waals surface area contributed by atoms with Crippen LogP contribution < -0.4 is 10.3 Å². The maximum Gasteiger partial charge on any atom is 0.269 e. The monoisotopic (exact) mass is 447 g/mol. The highest BCUT2D eigenvalue weighted by molar-refractivity contribution is 7.95. The summed E-state index contributed by atoms with van der Waals surface area (Å²) in [6.07, 6.45) is 2.33. The summed E-state index contributed by atoms with van der Waals surface area (Å²) in [5, 5.41) is 9.59. The number of rotatable bonds is 5. The lowest BCUT2D eigenvalue weighted by Gasteiger charge is -2.11. The van der Waals surface area contributed by atoms with Gasteiger partial charge in [-0.15, -0.1) is 0 Å². The molecule has 4 aromatic rings. The predicted octanol–water partition coefficient (Wildman–Crippen LogP) is 3.96. The lowest BCUT2D eigenvalue weighted by molar-refractivity contribution is 0.426. The third kappa shape index (κ3) is 3.87. The van der Waals surface area contributed by atoms with Gasteiger partial charge in [0.15, 0.2) is 11.6 Å². The highest BCUT2D eigenvalue weighted by atomic mass is 32.2. The van der Waals surface area contributed by atoms with E-state index in [0.29, 0.717) is 0 Å². The third-order valence-electron chi connectivity index (χ3n) is 4.51. The smallest absolute Gasteiger partial charge is 0.269 e. The molecule has 0 aliphatic carbocycles.